The maximum atomic E-state index is 5.83. The number of nitrogens with one attached hydrogen (secondary N) is 1. The van der Waals surface area contributed by atoms with Crippen LogP contribution in [-0.4, -0.2) is 19.3 Å². The highest BCUT2D eigenvalue weighted by Gasteiger charge is 2.16. The van der Waals surface area contributed by atoms with Crippen molar-refractivity contribution in [2.75, 3.05) is 13.2 Å². The van der Waals surface area contributed by atoms with Gasteiger partial charge in [0.1, 0.15) is 0 Å². The fraction of sp³-hybridized carbons (Fsp3) is 0.647. The molecule has 0 aliphatic carbocycles. The van der Waals surface area contributed by atoms with Gasteiger partial charge in [-0.1, -0.05) is 24.6 Å². The van der Waals surface area contributed by atoms with E-state index in [0.717, 1.165) is 19.6 Å². The van der Waals surface area contributed by atoms with Crippen molar-refractivity contribution in [1.82, 2.24) is 5.32 Å². The Balaban J connectivity index is 2.95. The highest BCUT2D eigenvalue weighted by molar-refractivity contribution is 5.39. The molecule has 0 saturated carbocycles. The number of hydrogen-bond acceptors (Lipinski definition) is 2. The van der Waals surface area contributed by atoms with E-state index >= 15 is 0 Å². The zero-order chi connectivity index (χ0) is 14.4. The van der Waals surface area contributed by atoms with Crippen LogP contribution in [0.2, 0.25) is 0 Å². The van der Waals surface area contributed by atoms with Crippen molar-refractivity contribution < 1.29 is 4.74 Å². The lowest BCUT2D eigenvalue weighted by molar-refractivity contribution is 0.0609. The van der Waals surface area contributed by atoms with E-state index in [2.05, 4.69) is 59.0 Å². The number of hydrogen-bond donors (Lipinski definition) is 1. The van der Waals surface area contributed by atoms with Crippen molar-refractivity contribution in [2.24, 2.45) is 0 Å². The maximum Gasteiger partial charge on any atom is 0.0665 e. The first-order valence-electron chi connectivity index (χ1n) is 7.38. The summed E-state index contributed by atoms with van der Waals surface area (Å²) < 4.78 is 5.83. The van der Waals surface area contributed by atoms with Gasteiger partial charge in [-0.05, 0) is 64.3 Å². The Labute approximate surface area is 118 Å². The third-order valence-electron chi connectivity index (χ3n) is 3.32. The molecule has 1 aromatic carbocycles. The van der Waals surface area contributed by atoms with E-state index in [-0.39, 0.29) is 6.10 Å². The lowest BCUT2D eigenvalue weighted by Gasteiger charge is -2.24. The molecular formula is C17H29NO. The molecule has 108 valence electrons. The first kappa shape index (κ1) is 16.2. The van der Waals surface area contributed by atoms with Crippen LogP contribution in [0, 0.1) is 20.8 Å². The Kier molecular flexibility index (Phi) is 6.53. The predicted molar refractivity (Wildman–Crippen MR) is 82.8 cm³/mol. The van der Waals surface area contributed by atoms with E-state index in [1.807, 2.05) is 0 Å². The molecule has 1 rings (SSSR count). The summed E-state index contributed by atoms with van der Waals surface area (Å²) in [6.07, 6.45) is 1.42. The summed E-state index contributed by atoms with van der Waals surface area (Å²) in [6.45, 7) is 14.7. The van der Waals surface area contributed by atoms with Crippen LogP contribution in [0.1, 0.15) is 55.5 Å². The Bertz CT molecular complexity index is 375. The minimum absolute atomic E-state index is 0.275. The van der Waals surface area contributed by atoms with Crippen LogP contribution < -0.4 is 5.32 Å². The Morgan fingerprint density at radius 2 is 1.68 bits per heavy atom. The summed E-state index contributed by atoms with van der Waals surface area (Å²) in [5.74, 6) is 0. The number of benzene rings is 1. The quantitative estimate of drug-likeness (QED) is 0.800. The molecule has 0 fully saturated rings. The van der Waals surface area contributed by atoms with E-state index in [1.165, 1.54) is 22.3 Å². The second-order valence-corrected chi connectivity index (χ2v) is 5.70. The van der Waals surface area contributed by atoms with Crippen molar-refractivity contribution in [3.8, 4) is 0 Å². The largest absolute Gasteiger partial charge is 0.377 e. The first-order chi connectivity index (χ1) is 8.95. The fourth-order valence-corrected chi connectivity index (χ4v) is 2.59. The molecule has 1 unspecified atom stereocenters. The third kappa shape index (κ3) is 4.96. The van der Waals surface area contributed by atoms with Crippen molar-refractivity contribution in [2.45, 2.75) is 60.1 Å². The van der Waals surface area contributed by atoms with Gasteiger partial charge in [0.05, 0.1) is 18.8 Å². The summed E-state index contributed by atoms with van der Waals surface area (Å²) in [5.41, 5.74) is 5.45. The van der Waals surface area contributed by atoms with Crippen molar-refractivity contribution in [3.05, 3.63) is 34.4 Å². The molecule has 0 spiro atoms. The van der Waals surface area contributed by atoms with Crippen LogP contribution in [0.15, 0.2) is 12.1 Å². The lowest BCUT2D eigenvalue weighted by Crippen LogP contribution is -2.28. The molecule has 0 saturated heterocycles. The minimum Gasteiger partial charge on any atom is -0.377 e. The van der Waals surface area contributed by atoms with Crippen LogP contribution in [0.3, 0.4) is 0 Å². The van der Waals surface area contributed by atoms with Crippen LogP contribution in [0.4, 0.5) is 0 Å². The Hall–Kier alpha value is -0.860. The maximum absolute atomic E-state index is 5.83. The molecule has 0 amide bonds. The second-order valence-electron chi connectivity index (χ2n) is 5.70. The van der Waals surface area contributed by atoms with Gasteiger partial charge < -0.3 is 10.1 Å². The summed E-state index contributed by atoms with van der Waals surface area (Å²) in [4.78, 5) is 0. The normalized spacial score (nSPS) is 13.0. The van der Waals surface area contributed by atoms with Gasteiger partial charge in [-0.3, -0.25) is 0 Å². The zero-order valence-electron chi connectivity index (χ0n) is 13.3. The molecular weight excluding hydrogens is 234 g/mol. The van der Waals surface area contributed by atoms with Crippen LogP contribution >= 0.6 is 0 Å². The van der Waals surface area contributed by atoms with Crippen molar-refractivity contribution in [1.29, 1.82) is 0 Å². The number of ether oxygens (including phenoxy) is 1. The smallest absolute Gasteiger partial charge is 0.0665 e. The van der Waals surface area contributed by atoms with Gasteiger partial charge in [0.2, 0.25) is 0 Å². The minimum atomic E-state index is 0.275. The summed E-state index contributed by atoms with van der Waals surface area (Å²) >= 11 is 0. The van der Waals surface area contributed by atoms with E-state index in [9.17, 15) is 0 Å². The lowest BCUT2D eigenvalue weighted by atomic mass is 9.94. The molecule has 1 N–H and O–H groups in total. The Morgan fingerprint density at radius 1 is 1.11 bits per heavy atom. The standard InChI is InChI=1S/C17H29NO/c1-7-8-18-16(11-19-12(2)3)17-14(5)9-13(4)10-15(17)6/h9-10,12,16,18H,7-8,11H2,1-6H3. The summed E-state index contributed by atoms with van der Waals surface area (Å²) in [7, 11) is 0. The van der Waals surface area contributed by atoms with Gasteiger partial charge in [-0.2, -0.15) is 0 Å². The molecule has 0 aliphatic heterocycles. The molecule has 0 heterocycles. The molecule has 0 aliphatic rings. The summed E-state index contributed by atoms with van der Waals surface area (Å²) in [6, 6.07) is 4.82. The first-order valence-corrected chi connectivity index (χ1v) is 7.38. The van der Waals surface area contributed by atoms with Crippen LogP contribution in [0.5, 0.6) is 0 Å². The monoisotopic (exact) mass is 263 g/mol. The number of aryl methyl sites for hydroxylation is 3. The zero-order valence-corrected chi connectivity index (χ0v) is 13.3. The molecule has 0 radical (unpaired) electrons. The average Bonchev–Trinajstić information content (AvgIpc) is 2.30. The van der Waals surface area contributed by atoms with Gasteiger partial charge in [-0.25, -0.2) is 0 Å². The van der Waals surface area contributed by atoms with E-state index in [0.29, 0.717) is 6.04 Å². The molecule has 0 aromatic heterocycles. The molecule has 2 nitrogen and oxygen atoms in total. The SMILES string of the molecule is CCCNC(COC(C)C)c1c(C)cc(C)cc1C. The molecule has 19 heavy (non-hydrogen) atoms. The topological polar surface area (TPSA) is 21.3 Å². The van der Waals surface area contributed by atoms with E-state index in [1.54, 1.807) is 0 Å². The third-order valence-corrected chi connectivity index (χ3v) is 3.32. The van der Waals surface area contributed by atoms with Crippen LogP contribution in [0.25, 0.3) is 0 Å². The molecule has 0 bridgehead atoms. The van der Waals surface area contributed by atoms with Crippen LogP contribution in [-0.2, 0) is 4.74 Å². The number of rotatable bonds is 7. The van der Waals surface area contributed by atoms with Gasteiger partial charge in [0.15, 0.2) is 0 Å². The van der Waals surface area contributed by atoms with E-state index in [4.69, 9.17) is 4.74 Å². The highest BCUT2D eigenvalue weighted by Crippen LogP contribution is 2.24. The highest BCUT2D eigenvalue weighted by atomic mass is 16.5. The second kappa shape index (κ2) is 7.66. The summed E-state index contributed by atoms with van der Waals surface area (Å²) in [5, 5.41) is 3.62. The van der Waals surface area contributed by atoms with E-state index < -0.39 is 0 Å². The van der Waals surface area contributed by atoms with Gasteiger partial charge in [0.25, 0.3) is 0 Å². The molecule has 1 aromatic rings. The predicted octanol–water partition coefficient (Wildman–Crippen LogP) is 4.08. The molecule has 2 heteroatoms. The molecule has 1 atom stereocenters. The van der Waals surface area contributed by atoms with Gasteiger partial charge in [-0.15, -0.1) is 0 Å². The van der Waals surface area contributed by atoms with Gasteiger partial charge >= 0.3 is 0 Å². The van der Waals surface area contributed by atoms with Crippen molar-refractivity contribution >= 4 is 0 Å². The van der Waals surface area contributed by atoms with Crippen molar-refractivity contribution in [3.63, 3.8) is 0 Å². The Morgan fingerprint density at radius 3 is 2.16 bits per heavy atom. The average molecular weight is 263 g/mol. The fourth-order valence-electron chi connectivity index (χ4n) is 2.59. The van der Waals surface area contributed by atoms with Gasteiger partial charge in [0, 0.05) is 0 Å².